The van der Waals surface area contributed by atoms with Crippen LogP contribution in [0.3, 0.4) is 0 Å². The van der Waals surface area contributed by atoms with Crippen LogP contribution in [0.5, 0.6) is 5.75 Å². The Kier molecular flexibility index (Phi) is 3.74. The van der Waals surface area contributed by atoms with E-state index in [0.717, 1.165) is 24.8 Å². The first-order valence-corrected chi connectivity index (χ1v) is 7.16. The Hall–Kier alpha value is -2.16. The summed E-state index contributed by atoms with van der Waals surface area (Å²) in [4.78, 5) is 12.7. The maximum Gasteiger partial charge on any atom is 0.173 e. The van der Waals surface area contributed by atoms with Gasteiger partial charge in [-0.15, -0.1) is 0 Å². The van der Waals surface area contributed by atoms with Crippen LogP contribution in [0.15, 0.2) is 42.5 Å². The van der Waals surface area contributed by atoms with Gasteiger partial charge in [0, 0.05) is 12.0 Å². The van der Waals surface area contributed by atoms with Gasteiger partial charge in [0.05, 0.1) is 12.7 Å². The highest BCUT2D eigenvalue weighted by Gasteiger charge is 2.28. The highest BCUT2D eigenvalue weighted by Crippen LogP contribution is 2.34. The van der Waals surface area contributed by atoms with Crippen molar-refractivity contribution in [1.82, 2.24) is 0 Å². The van der Waals surface area contributed by atoms with E-state index in [1.54, 1.807) is 6.07 Å². The molecule has 2 nitrogen and oxygen atoms in total. The Labute approximate surface area is 123 Å². The van der Waals surface area contributed by atoms with E-state index in [4.69, 9.17) is 4.74 Å². The van der Waals surface area contributed by atoms with Crippen LogP contribution >= 0.6 is 0 Å². The van der Waals surface area contributed by atoms with E-state index in [-0.39, 0.29) is 17.3 Å². The zero-order chi connectivity index (χ0) is 14.8. The third-order valence-corrected chi connectivity index (χ3v) is 4.13. The molecule has 0 bridgehead atoms. The number of hydrogen-bond donors (Lipinski definition) is 0. The van der Waals surface area contributed by atoms with Gasteiger partial charge in [0.2, 0.25) is 0 Å². The number of hydrogen-bond acceptors (Lipinski definition) is 2. The molecule has 0 aliphatic heterocycles. The summed E-state index contributed by atoms with van der Waals surface area (Å²) >= 11 is 0. The Morgan fingerprint density at radius 2 is 2.05 bits per heavy atom. The van der Waals surface area contributed by atoms with Gasteiger partial charge in [-0.3, -0.25) is 4.79 Å². The van der Waals surface area contributed by atoms with Crippen molar-refractivity contribution in [3.63, 3.8) is 0 Å². The number of benzene rings is 2. The van der Waals surface area contributed by atoms with E-state index in [1.165, 1.54) is 24.8 Å². The molecule has 0 saturated carbocycles. The summed E-state index contributed by atoms with van der Waals surface area (Å²) in [5.41, 5.74) is 2.40. The van der Waals surface area contributed by atoms with E-state index in [0.29, 0.717) is 5.75 Å². The van der Waals surface area contributed by atoms with Crippen LogP contribution in [-0.2, 0) is 6.42 Å². The minimum atomic E-state index is -0.512. The predicted octanol–water partition coefficient (Wildman–Crippen LogP) is 4.14. The number of ketones is 1. The molecule has 1 atom stereocenters. The van der Waals surface area contributed by atoms with Crippen molar-refractivity contribution in [2.75, 3.05) is 7.11 Å². The maximum absolute atomic E-state index is 14.1. The fourth-order valence-electron chi connectivity index (χ4n) is 3.04. The lowest BCUT2D eigenvalue weighted by atomic mass is 9.79. The summed E-state index contributed by atoms with van der Waals surface area (Å²) in [6, 6.07) is 12.4. The summed E-state index contributed by atoms with van der Waals surface area (Å²) in [6.07, 6.45) is 2.73. The second-order valence-corrected chi connectivity index (χ2v) is 5.35. The van der Waals surface area contributed by atoms with Crippen LogP contribution in [0.4, 0.5) is 4.39 Å². The molecule has 3 heteroatoms. The predicted molar refractivity (Wildman–Crippen MR) is 79.4 cm³/mol. The average molecular weight is 284 g/mol. The molecular formula is C18H17FO2. The number of methoxy groups -OCH3 is 1. The minimum absolute atomic E-state index is 0.137. The molecule has 2 aromatic rings. The molecule has 0 spiro atoms. The van der Waals surface area contributed by atoms with Crippen molar-refractivity contribution in [1.29, 1.82) is 0 Å². The Bertz CT molecular complexity index is 679. The number of fused-ring (bicyclic) bond motifs is 1. The molecule has 2 aromatic carbocycles. The van der Waals surface area contributed by atoms with Crippen LogP contribution in [0, 0.1) is 5.82 Å². The van der Waals surface area contributed by atoms with Gasteiger partial charge in [-0.1, -0.05) is 24.3 Å². The molecule has 0 amide bonds. The summed E-state index contributed by atoms with van der Waals surface area (Å²) in [5.74, 6) is -0.462. The van der Waals surface area contributed by atoms with Crippen LogP contribution < -0.4 is 4.74 Å². The lowest BCUT2D eigenvalue weighted by molar-refractivity contribution is 0.0947. The SMILES string of the molecule is COc1ccc(C(=O)C2CCCc3ccccc32)c(F)c1. The van der Waals surface area contributed by atoms with E-state index < -0.39 is 5.82 Å². The van der Waals surface area contributed by atoms with Crippen LogP contribution in [0.25, 0.3) is 0 Å². The fourth-order valence-corrected chi connectivity index (χ4v) is 3.04. The Morgan fingerprint density at radius 3 is 2.81 bits per heavy atom. The summed E-state index contributed by atoms with van der Waals surface area (Å²) in [6.45, 7) is 0. The largest absolute Gasteiger partial charge is 0.497 e. The molecule has 1 aliphatic carbocycles. The van der Waals surface area contributed by atoms with Gasteiger partial charge < -0.3 is 4.74 Å². The van der Waals surface area contributed by atoms with Gasteiger partial charge in [0.15, 0.2) is 5.78 Å². The van der Waals surface area contributed by atoms with Crippen LogP contribution in [0.1, 0.15) is 40.2 Å². The Balaban J connectivity index is 1.97. The van der Waals surface area contributed by atoms with Gasteiger partial charge in [-0.2, -0.15) is 0 Å². The number of carbonyl (C=O) groups is 1. The Morgan fingerprint density at radius 1 is 1.24 bits per heavy atom. The molecule has 0 radical (unpaired) electrons. The lowest BCUT2D eigenvalue weighted by Gasteiger charge is -2.24. The van der Waals surface area contributed by atoms with Crippen LogP contribution in [0.2, 0.25) is 0 Å². The van der Waals surface area contributed by atoms with Gasteiger partial charge in [-0.05, 0) is 42.5 Å². The topological polar surface area (TPSA) is 26.3 Å². The number of carbonyl (C=O) groups excluding carboxylic acids is 1. The van der Waals surface area contributed by atoms with Crippen molar-refractivity contribution < 1.29 is 13.9 Å². The smallest absolute Gasteiger partial charge is 0.173 e. The molecular weight excluding hydrogens is 267 g/mol. The molecule has 0 aromatic heterocycles. The van der Waals surface area contributed by atoms with E-state index >= 15 is 0 Å². The standard InChI is InChI=1S/C18H17FO2/c1-21-13-9-10-16(17(19)11-13)18(20)15-8-4-6-12-5-2-3-7-14(12)15/h2-3,5,7,9-11,15H,4,6,8H2,1H3. The third kappa shape index (κ3) is 2.56. The van der Waals surface area contributed by atoms with Gasteiger partial charge in [0.1, 0.15) is 11.6 Å². The fraction of sp³-hybridized carbons (Fsp3) is 0.278. The van der Waals surface area contributed by atoms with E-state index in [9.17, 15) is 9.18 Å². The monoisotopic (exact) mass is 284 g/mol. The molecule has 0 saturated heterocycles. The van der Waals surface area contributed by atoms with Gasteiger partial charge in [0.25, 0.3) is 0 Å². The number of Topliss-reactive ketones (excluding diaryl/α,β-unsaturated/α-hetero) is 1. The van der Waals surface area contributed by atoms with Crippen molar-refractivity contribution in [2.24, 2.45) is 0 Å². The second kappa shape index (κ2) is 5.68. The van der Waals surface area contributed by atoms with Gasteiger partial charge >= 0.3 is 0 Å². The first-order chi connectivity index (χ1) is 10.2. The maximum atomic E-state index is 14.1. The lowest BCUT2D eigenvalue weighted by Crippen LogP contribution is -2.19. The number of ether oxygens (including phenoxy) is 1. The average Bonchev–Trinajstić information content (AvgIpc) is 2.53. The molecule has 21 heavy (non-hydrogen) atoms. The molecule has 3 rings (SSSR count). The quantitative estimate of drug-likeness (QED) is 0.792. The summed E-state index contributed by atoms with van der Waals surface area (Å²) in [5, 5.41) is 0. The molecule has 0 fully saturated rings. The zero-order valence-electron chi connectivity index (χ0n) is 11.9. The van der Waals surface area contributed by atoms with Crippen LogP contribution in [-0.4, -0.2) is 12.9 Å². The number of aryl methyl sites for hydroxylation is 1. The molecule has 0 N–H and O–H groups in total. The third-order valence-electron chi connectivity index (χ3n) is 4.13. The second-order valence-electron chi connectivity index (χ2n) is 5.35. The van der Waals surface area contributed by atoms with E-state index in [2.05, 4.69) is 6.07 Å². The van der Waals surface area contributed by atoms with Gasteiger partial charge in [-0.25, -0.2) is 4.39 Å². The molecule has 1 aliphatic rings. The van der Waals surface area contributed by atoms with Crippen molar-refractivity contribution in [3.8, 4) is 5.75 Å². The van der Waals surface area contributed by atoms with Crippen molar-refractivity contribution in [2.45, 2.75) is 25.2 Å². The summed E-state index contributed by atoms with van der Waals surface area (Å²) in [7, 11) is 1.48. The first-order valence-electron chi connectivity index (χ1n) is 7.16. The first kappa shape index (κ1) is 13.8. The molecule has 1 unspecified atom stereocenters. The van der Waals surface area contributed by atoms with Crippen molar-refractivity contribution in [3.05, 3.63) is 65.0 Å². The molecule has 0 heterocycles. The minimum Gasteiger partial charge on any atom is -0.497 e. The summed E-state index contributed by atoms with van der Waals surface area (Å²) < 4.78 is 19.1. The van der Waals surface area contributed by atoms with Crippen molar-refractivity contribution >= 4 is 5.78 Å². The normalized spacial score (nSPS) is 17.1. The number of halogens is 1. The number of rotatable bonds is 3. The zero-order valence-corrected chi connectivity index (χ0v) is 11.9. The molecule has 108 valence electrons. The highest BCUT2D eigenvalue weighted by molar-refractivity contribution is 6.01. The van der Waals surface area contributed by atoms with E-state index in [1.807, 2.05) is 18.2 Å². The highest BCUT2D eigenvalue weighted by atomic mass is 19.1.